The summed E-state index contributed by atoms with van der Waals surface area (Å²) in [6.45, 7) is 8.78. The molecule has 0 radical (unpaired) electrons. The van der Waals surface area contributed by atoms with Gasteiger partial charge in [-0.05, 0) is 63.2 Å². The fourth-order valence-electron chi connectivity index (χ4n) is 3.44. The van der Waals surface area contributed by atoms with Crippen molar-refractivity contribution in [3.63, 3.8) is 0 Å². The van der Waals surface area contributed by atoms with Gasteiger partial charge in [0, 0.05) is 45.6 Å². The monoisotopic (exact) mass is 782 g/mol. The zero-order chi connectivity index (χ0) is 42.6. The summed E-state index contributed by atoms with van der Waals surface area (Å²) in [5, 5.41) is 23.3. The van der Waals surface area contributed by atoms with Gasteiger partial charge in [-0.15, -0.1) is 10.2 Å². The zero-order valence-electron chi connectivity index (χ0n) is 31.5. The summed E-state index contributed by atoms with van der Waals surface area (Å²) in [5.74, 6) is 10.2. The van der Waals surface area contributed by atoms with Crippen LogP contribution in [0.1, 0.15) is 62.5 Å². The number of fused-ring (bicyclic) bond motifs is 1. The summed E-state index contributed by atoms with van der Waals surface area (Å²) >= 11 is 0. The third-order valence-electron chi connectivity index (χ3n) is 5.98. The van der Waals surface area contributed by atoms with Crippen LogP contribution in [0.5, 0.6) is 0 Å². The lowest BCUT2D eigenvalue weighted by Gasteiger charge is -2.01. The molecule has 0 aliphatic carbocycles. The second-order valence-electron chi connectivity index (χ2n) is 10.1. The van der Waals surface area contributed by atoms with Crippen molar-refractivity contribution in [2.45, 2.75) is 41.5 Å². The third-order valence-corrected chi connectivity index (χ3v) is 5.98. The van der Waals surface area contributed by atoms with E-state index in [2.05, 4.69) is 62.2 Å². The molecule has 0 unspecified atom stereocenters. The highest BCUT2D eigenvalue weighted by Gasteiger charge is 2.19. The molecule has 0 spiro atoms. The summed E-state index contributed by atoms with van der Waals surface area (Å²) < 4.78 is 8.97. The molecule has 5 aromatic rings. The number of Topliss-reactive ketones (excluding diaryl/α,β-unsaturated/α-hetero) is 4. The zero-order valence-corrected chi connectivity index (χ0v) is 31.5. The number of aliphatic hydroxyl groups excluding tert-OH is 1. The van der Waals surface area contributed by atoms with E-state index >= 15 is 0 Å². The van der Waals surface area contributed by atoms with Crippen molar-refractivity contribution in [1.29, 1.82) is 0 Å². The Morgan fingerprint density at radius 3 is 1.80 bits per heavy atom. The van der Waals surface area contributed by atoms with Gasteiger partial charge in [-0.25, -0.2) is 15.4 Å². The van der Waals surface area contributed by atoms with E-state index in [1.54, 1.807) is 69.0 Å². The van der Waals surface area contributed by atoms with Gasteiger partial charge in [-0.3, -0.25) is 40.8 Å². The first-order valence-corrected chi connectivity index (χ1v) is 16.2. The van der Waals surface area contributed by atoms with Crippen molar-refractivity contribution in [3.05, 3.63) is 100 Å². The largest absolute Gasteiger partial charge is 0.510 e. The molecule has 56 heavy (non-hydrogen) atoms. The average molecular weight is 783 g/mol. The van der Waals surface area contributed by atoms with E-state index < -0.39 is 23.5 Å². The molecule has 0 saturated heterocycles. The van der Waals surface area contributed by atoms with Gasteiger partial charge in [0.15, 0.2) is 23.1 Å². The highest BCUT2D eigenvalue weighted by Crippen LogP contribution is 2.12. The minimum absolute atomic E-state index is 0.0490. The third kappa shape index (κ3) is 18.0. The molecule has 22 heteroatoms. The number of H-pyrrole nitrogens is 5. The fraction of sp³-hybridized carbons (Fsp3) is 0.235. The minimum atomic E-state index is -1.10. The molecular formula is C34H46N12O10. The van der Waals surface area contributed by atoms with Gasteiger partial charge in [-0.1, -0.05) is 0 Å². The highest BCUT2D eigenvalue weighted by atomic mass is 16.5. The van der Waals surface area contributed by atoms with Gasteiger partial charge < -0.3 is 39.9 Å². The van der Waals surface area contributed by atoms with Crippen LogP contribution in [-0.2, 0) is 28.7 Å². The van der Waals surface area contributed by atoms with E-state index in [0.717, 1.165) is 12.7 Å². The smallest absolute Gasteiger partial charge is 0.382 e. The number of aromatic amines is 5. The molecule has 0 aliphatic heterocycles. The van der Waals surface area contributed by atoms with Crippen molar-refractivity contribution < 1.29 is 43.3 Å². The van der Waals surface area contributed by atoms with E-state index in [0.29, 0.717) is 22.5 Å². The number of carbonyl (C=O) groups excluding carboxylic acids is 6. The molecule has 5 heterocycles. The molecule has 302 valence electrons. The van der Waals surface area contributed by atoms with E-state index in [4.69, 9.17) is 10.6 Å². The van der Waals surface area contributed by atoms with Crippen molar-refractivity contribution in [2.24, 2.45) is 27.8 Å². The Bertz CT molecular complexity index is 2060. The lowest BCUT2D eigenvalue weighted by atomic mass is 10.2. The fourth-order valence-corrected chi connectivity index (χ4v) is 3.44. The van der Waals surface area contributed by atoms with Gasteiger partial charge in [0.1, 0.15) is 17.2 Å². The van der Waals surface area contributed by atoms with Gasteiger partial charge in [0.25, 0.3) is 0 Å². The molecule has 0 fully saturated rings. The molecule has 0 aliphatic rings. The number of anilines is 1. The molecule has 0 amide bonds. The predicted molar refractivity (Wildman–Crippen MR) is 204 cm³/mol. The number of nitrogen functional groups attached to an aromatic ring is 1. The standard InChI is InChI=1S/C10H13N3O3.C8H7N3O2.C6H7NO.C6H8O4.C4H7N3.H4N2/c1-3-16-10(15)9(7(2)14)13-12-8-5-4-6-11-8;1-4(12)6-7(13)5-2-3-9-8(5)11-10-6;1-5(8)6-3-2-4-7-6;1-3-10-6(9)5(8)4(2)7;5-7-4-2-1-3-6-4;1-2/h4-6,11,14H,3H2,1-2H3;2-3H,1H3,(H2,9,11,13);2-4,7H,1H3;3H2,1-2H3;1-3,6-7H,5H2;1-2H2. The second kappa shape index (κ2) is 27.3. The number of carbonyl (C=O) groups is 6. The van der Waals surface area contributed by atoms with Crippen LogP contribution in [0.3, 0.4) is 0 Å². The lowest BCUT2D eigenvalue weighted by molar-refractivity contribution is -0.156. The number of ketones is 4. The molecule has 0 saturated carbocycles. The summed E-state index contributed by atoms with van der Waals surface area (Å²) in [4.78, 5) is 86.5. The number of esters is 2. The Morgan fingerprint density at radius 2 is 1.38 bits per heavy atom. The van der Waals surface area contributed by atoms with Gasteiger partial charge in [0.05, 0.1) is 24.3 Å². The quantitative estimate of drug-likeness (QED) is 0.0112. The van der Waals surface area contributed by atoms with Crippen LogP contribution in [0.15, 0.2) is 93.7 Å². The number of hydrogen-bond acceptors (Lipinski definition) is 17. The minimum Gasteiger partial charge on any atom is -0.510 e. The number of nitrogens with one attached hydrogen (secondary N) is 6. The summed E-state index contributed by atoms with van der Waals surface area (Å²) in [5.41, 5.74) is 3.08. The summed E-state index contributed by atoms with van der Waals surface area (Å²) in [7, 11) is 0. The number of allylic oxidation sites excluding steroid dienone is 1. The number of aliphatic hydroxyl groups is 1. The van der Waals surface area contributed by atoms with Crippen molar-refractivity contribution in [3.8, 4) is 0 Å². The maximum absolute atomic E-state index is 11.5. The first-order chi connectivity index (χ1) is 26.7. The molecule has 0 aromatic carbocycles. The number of aromatic nitrogens is 6. The number of azo groups is 1. The van der Waals surface area contributed by atoms with Crippen LogP contribution < -0.4 is 28.4 Å². The van der Waals surface area contributed by atoms with Crippen molar-refractivity contribution in [2.75, 3.05) is 18.6 Å². The van der Waals surface area contributed by atoms with E-state index in [-0.39, 0.29) is 47.4 Å². The predicted octanol–water partition coefficient (Wildman–Crippen LogP) is 2.95. The molecule has 0 bridgehead atoms. The Balaban J connectivity index is 0.000000687. The number of nitrogens with zero attached hydrogens (tertiary/aromatic N) is 3. The van der Waals surface area contributed by atoms with E-state index in [9.17, 15) is 38.7 Å². The molecule has 13 N–H and O–H groups in total. The van der Waals surface area contributed by atoms with E-state index in [1.807, 2.05) is 12.1 Å². The number of rotatable bonds is 10. The number of hydrazine groups is 2. The van der Waals surface area contributed by atoms with Crippen LogP contribution in [-0.4, -0.2) is 83.5 Å². The Hall–Kier alpha value is -7.30. The van der Waals surface area contributed by atoms with Crippen molar-refractivity contribution in [1.82, 2.24) is 30.1 Å². The van der Waals surface area contributed by atoms with Crippen LogP contribution >= 0.6 is 0 Å². The van der Waals surface area contributed by atoms with Crippen LogP contribution in [0.4, 0.5) is 11.6 Å². The SMILES string of the molecule is CC(=O)c1ccc[nH]1.CC(=O)c1n[nH]c2[nH]ccc2c1=O.CCOC(=O)C(=O)C(C)=O.CCOC(=O)C(N=Nc1ccc[nH]1)=C(C)O.NN.NNc1ccc[nH]1. The van der Waals surface area contributed by atoms with Crippen LogP contribution in [0.2, 0.25) is 0 Å². The Morgan fingerprint density at radius 1 is 0.786 bits per heavy atom. The molecule has 22 nitrogen and oxygen atoms in total. The Labute approximate surface area is 319 Å². The molecule has 5 aromatic heterocycles. The van der Waals surface area contributed by atoms with Gasteiger partial charge in [-0.2, -0.15) is 5.10 Å². The van der Waals surface area contributed by atoms with Crippen LogP contribution in [0, 0.1) is 0 Å². The summed E-state index contributed by atoms with van der Waals surface area (Å²) in [6, 6.07) is 12.3. The van der Waals surface area contributed by atoms with Gasteiger partial charge in [0.2, 0.25) is 16.9 Å². The second-order valence-corrected chi connectivity index (χ2v) is 10.1. The number of ether oxygens (including phenoxy) is 2. The average Bonchev–Trinajstić information content (AvgIpc) is 4.02. The molecule has 5 rings (SSSR count). The van der Waals surface area contributed by atoms with E-state index in [1.165, 1.54) is 20.8 Å². The molecule has 0 atom stereocenters. The normalized spacial score (nSPS) is 10.1. The number of hydrogen-bond donors (Lipinski definition) is 10. The lowest BCUT2D eigenvalue weighted by Crippen LogP contribution is -2.23. The first kappa shape index (κ1) is 48.7. The number of nitrogens with two attached hydrogens (primary N) is 3. The maximum Gasteiger partial charge on any atom is 0.382 e. The highest BCUT2D eigenvalue weighted by molar-refractivity contribution is 6.61. The Kier molecular flexibility index (Phi) is 23.8. The topological polar surface area (TPSA) is 365 Å². The van der Waals surface area contributed by atoms with Crippen molar-refractivity contribution >= 4 is 57.7 Å². The van der Waals surface area contributed by atoms with Gasteiger partial charge >= 0.3 is 17.7 Å². The summed E-state index contributed by atoms with van der Waals surface area (Å²) in [6.07, 6.45) is 6.83. The van der Waals surface area contributed by atoms with Crippen LogP contribution in [0.25, 0.3) is 11.0 Å². The molecular weight excluding hydrogens is 736 g/mol. The maximum atomic E-state index is 11.5. The first-order valence-electron chi connectivity index (χ1n) is 16.2.